The van der Waals surface area contributed by atoms with Gasteiger partial charge in [-0.2, -0.15) is 5.10 Å². The van der Waals surface area contributed by atoms with Gasteiger partial charge >= 0.3 is 0 Å². The van der Waals surface area contributed by atoms with E-state index in [2.05, 4.69) is 15.8 Å². The number of carbonyl (C=O) groups excluding carboxylic acids is 1. The third-order valence-corrected chi connectivity index (χ3v) is 3.02. The number of benzene rings is 2. The van der Waals surface area contributed by atoms with Crippen molar-refractivity contribution in [1.82, 2.24) is 5.43 Å². The molecule has 2 aromatic carbocycles. The van der Waals surface area contributed by atoms with Crippen LogP contribution in [-0.4, -0.2) is 25.8 Å². The van der Waals surface area contributed by atoms with Crippen molar-refractivity contribution >= 4 is 17.8 Å². The van der Waals surface area contributed by atoms with E-state index in [0.717, 1.165) is 17.0 Å². The van der Waals surface area contributed by atoms with Crippen molar-refractivity contribution in [2.24, 2.45) is 5.10 Å². The molecule has 0 aliphatic rings. The van der Waals surface area contributed by atoms with E-state index in [9.17, 15) is 4.79 Å². The van der Waals surface area contributed by atoms with Gasteiger partial charge in [-0.15, -0.1) is 0 Å². The first-order chi connectivity index (χ1) is 10.7. The zero-order valence-electron chi connectivity index (χ0n) is 12.7. The molecule has 0 saturated carbocycles. The molecule has 114 valence electrons. The summed E-state index contributed by atoms with van der Waals surface area (Å²) in [6.07, 6.45) is 1.59. The quantitative estimate of drug-likeness (QED) is 0.636. The van der Waals surface area contributed by atoms with Gasteiger partial charge in [0.05, 0.1) is 19.9 Å². The average molecular weight is 297 g/mol. The van der Waals surface area contributed by atoms with E-state index in [0.29, 0.717) is 0 Å². The highest BCUT2D eigenvalue weighted by Gasteiger charge is 1.99. The first kappa shape index (κ1) is 15.6. The van der Waals surface area contributed by atoms with E-state index in [1.165, 1.54) is 5.56 Å². The van der Waals surface area contributed by atoms with E-state index in [4.69, 9.17) is 4.74 Å². The molecule has 5 heteroatoms. The second kappa shape index (κ2) is 7.83. The number of methoxy groups -OCH3 is 1. The molecule has 0 unspecified atom stereocenters. The first-order valence-electron chi connectivity index (χ1n) is 6.94. The minimum absolute atomic E-state index is 0.170. The van der Waals surface area contributed by atoms with E-state index in [-0.39, 0.29) is 12.5 Å². The third kappa shape index (κ3) is 4.94. The fourth-order valence-corrected chi connectivity index (χ4v) is 1.76. The lowest BCUT2D eigenvalue weighted by molar-refractivity contribution is -0.119. The molecule has 0 heterocycles. The summed E-state index contributed by atoms with van der Waals surface area (Å²) in [7, 11) is 1.62. The van der Waals surface area contributed by atoms with Gasteiger partial charge < -0.3 is 10.1 Å². The van der Waals surface area contributed by atoms with E-state index < -0.39 is 0 Å². The predicted molar refractivity (Wildman–Crippen MR) is 88.4 cm³/mol. The number of anilines is 1. The molecule has 2 N–H and O–H groups in total. The lowest BCUT2D eigenvalue weighted by Crippen LogP contribution is -2.25. The SMILES string of the molecule is COc1ccc(/C=N/NC(=O)CNc2ccc(C)cc2)cc1. The highest BCUT2D eigenvalue weighted by molar-refractivity contribution is 5.84. The molecule has 0 aromatic heterocycles. The minimum atomic E-state index is -0.203. The Balaban J connectivity index is 1.76. The van der Waals surface area contributed by atoms with Crippen LogP contribution in [-0.2, 0) is 4.79 Å². The number of aryl methyl sites for hydroxylation is 1. The van der Waals surface area contributed by atoms with Crippen LogP contribution in [0.1, 0.15) is 11.1 Å². The van der Waals surface area contributed by atoms with Crippen LogP contribution in [0.2, 0.25) is 0 Å². The molecular formula is C17H19N3O2. The molecule has 5 nitrogen and oxygen atoms in total. The second-order valence-electron chi connectivity index (χ2n) is 4.79. The maximum Gasteiger partial charge on any atom is 0.259 e. The smallest absolute Gasteiger partial charge is 0.259 e. The maximum atomic E-state index is 11.7. The summed E-state index contributed by atoms with van der Waals surface area (Å²) in [4.78, 5) is 11.7. The minimum Gasteiger partial charge on any atom is -0.497 e. The van der Waals surface area contributed by atoms with Crippen LogP contribution < -0.4 is 15.5 Å². The number of hydrogen-bond donors (Lipinski definition) is 2. The van der Waals surface area contributed by atoms with Crippen molar-refractivity contribution in [3.63, 3.8) is 0 Å². The molecule has 2 rings (SSSR count). The summed E-state index contributed by atoms with van der Waals surface area (Å²) in [5.41, 5.74) is 5.44. The van der Waals surface area contributed by atoms with E-state index >= 15 is 0 Å². The maximum absolute atomic E-state index is 11.7. The Morgan fingerprint density at radius 3 is 2.45 bits per heavy atom. The number of amides is 1. The molecule has 0 bridgehead atoms. The third-order valence-electron chi connectivity index (χ3n) is 3.02. The van der Waals surface area contributed by atoms with Gasteiger partial charge in [-0.25, -0.2) is 5.43 Å². The Labute approximate surface area is 130 Å². The van der Waals surface area contributed by atoms with Crippen LogP contribution in [0, 0.1) is 6.92 Å². The summed E-state index contributed by atoms with van der Waals surface area (Å²) in [5.74, 6) is 0.578. The number of carbonyl (C=O) groups is 1. The summed E-state index contributed by atoms with van der Waals surface area (Å²) in [6, 6.07) is 15.2. The summed E-state index contributed by atoms with van der Waals surface area (Å²) < 4.78 is 5.07. The van der Waals surface area contributed by atoms with Crippen molar-refractivity contribution in [3.05, 3.63) is 59.7 Å². The van der Waals surface area contributed by atoms with Crippen LogP contribution in [0.15, 0.2) is 53.6 Å². The monoisotopic (exact) mass is 297 g/mol. The first-order valence-corrected chi connectivity index (χ1v) is 6.94. The number of ether oxygens (including phenoxy) is 1. The molecule has 1 amide bonds. The molecule has 0 atom stereocenters. The van der Waals surface area contributed by atoms with Crippen LogP contribution in [0.5, 0.6) is 5.75 Å². The van der Waals surface area contributed by atoms with E-state index in [1.54, 1.807) is 13.3 Å². The summed E-state index contributed by atoms with van der Waals surface area (Å²) >= 11 is 0. The molecule has 0 radical (unpaired) electrons. The molecular weight excluding hydrogens is 278 g/mol. The molecule has 0 aliphatic heterocycles. The molecule has 0 fully saturated rings. The largest absolute Gasteiger partial charge is 0.497 e. The molecule has 0 aliphatic carbocycles. The average Bonchev–Trinajstić information content (AvgIpc) is 2.55. The number of nitrogens with zero attached hydrogens (tertiary/aromatic N) is 1. The fraction of sp³-hybridized carbons (Fsp3) is 0.176. The summed E-state index contributed by atoms with van der Waals surface area (Å²) in [6.45, 7) is 2.19. The number of nitrogens with one attached hydrogen (secondary N) is 2. The van der Waals surface area contributed by atoms with Crippen LogP contribution in [0.4, 0.5) is 5.69 Å². The standard InChI is InChI=1S/C17H19N3O2/c1-13-3-7-15(8-4-13)18-12-17(21)20-19-11-14-5-9-16(22-2)10-6-14/h3-11,18H,12H2,1-2H3,(H,20,21)/b19-11+. The van der Waals surface area contributed by atoms with Gasteiger partial charge in [0.25, 0.3) is 5.91 Å². The number of hydrogen-bond acceptors (Lipinski definition) is 4. The van der Waals surface area contributed by atoms with Gasteiger partial charge in [0.2, 0.25) is 0 Å². The van der Waals surface area contributed by atoms with Gasteiger partial charge in [0, 0.05) is 5.69 Å². The molecule has 2 aromatic rings. The van der Waals surface area contributed by atoms with Crippen molar-refractivity contribution in [2.45, 2.75) is 6.92 Å². The Kier molecular flexibility index (Phi) is 5.54. The Morgan fingerprint density at radius 2 is 1.82 bits per heavy atom. The van der Waals surface area contributed by atoms with Crippen LogP contribution >= 0.6 is 0 Å². The molecule has 0 spiro atoms. The highest BCUT2D eigenvalue weighted by Crippen LogP contribution is 2.09. The zero-order valence-corrected chi connectivity index (χ0v) is 12.7. The Morgan fingerprint density at radius 1 is 1.14 bits per heavy atom. The van der Waals surface area contributed by atoms with Gasteiger partial charge in [-0.05, 0) is 48.9 Å². The summed E-state index contributed by atoms with van der Waals surface area (Å²) in [5, 5.41) is 6.95. The molecule has 0 saturated heterocycles. The number of rotatable bonds is 6. The van der Waals surface area contributed by atoms with E-state index in [1.807, 2.05) is 55.5 Å². The molecule has 22 heavy (non-hydrogen) atoms. The van der Waals surface area contributed by atoms with Gasteiger partial charge in [0.1, 0.15) is 5.75 Å². The van der Waals surface area contributed by atoms with Crippen molar-refractivity contribution in [3.8, 4) is 5.75 Å². The highest BCUT2D eigenvalue weighted by atomic mass is 16.5. The Hall–Kier alpha value is -2.82. The van der Waals surface area contributed by atoms with Crippen LogP contribution in [0.25, 0.3) is 0 Å². The number of hydrazone groups is 1. The fourth-order valence-electron chi connectivity index (χ4n) is 1.76. The van der Waals surface area contributed by atoms with Crippen molar-refractivity contribution in [1.29, 1.82) is 0 Å². The Bertz CT molecular complexity index is 634. The van der Waals surface area contributed by atoms with Gasteiger partial charge in [0.15, 0.2) is 0 Å². The normalized spacial score (nSPS) is 10.5. The van der Waals surface area contributed by atoms with Crippen LogP contribution in [0.3, 0.4) is 0 Å². The topological polar surface area (TPSA) is 62.7 Å². The predicted octanol–water partition coefficient (Wildman–Crippen LogP) is 2.57. The second-order valence-corrected chi connectivity index (χ2v) is 4.79. The van der Waals surface area contributed by atoms with Crippen molar-refractivity contribution in [2.75, 3.05) is 19.0 Å². The van der Waals surface area contributed by atoms with Gasteiger partial charge in [-0.1, -0.05) is 17.7 Å². The lowest BCUT2D eigenvalue weighted by atomic mass is 10.2. The lowest BCUT2D eigenvalue weighted by Gasteiger charge is -2.05. The van der Waals surface area contributed by atoms with Crippen molar-refractivity contribution < 1.29 is 9.53 Å². The van der Waals surface area contributed by atoms with Gasteiger partial charge in [-0.3, -0.25) is 4.79 Å². The zero-order chi connectivity index (χ0) is 15.8.